The van der Waals surface area contributed by atoms with Crippen molar-refractivity contribution in [1.82, 2.24) is 0 Å². The summed E-state index contributed by atoms with van der Waals surface area (Å²) < 4.78 is 15.4. The van der Waals surface area contributed by atoms with E-state index >= 15 is 0 Å². The summed E-state index contributed by atoms with van der Waals surface area (Å²) in [6.07, 6.45) is -26.5. The number of hydrogen-bond acceptors (Lipinski definition) is 27. The molecule has 35 heteroatoms. The van der Waals surface area contributed by atoms with Crippen molar-refractivity contribution in [2.75, 3.05) is 13.2 Å². The lowest BCUT2D eigenvalue weighted by Crippen LogP contribution is -2.67. The van der Waals surface area contributed by atoms with Gasteiger partial charge in [-0.3, -0.25) is 4.84 Å². The van der Waals surface area contributed by atoms with Gasteiger partial charge in [0.25, 0.3) is 40.7 Å². The first-order valence-corrected chi connectivity index (χ1v) is 11.3. The van der Waals surface area contributed by atoms with Gasteiger partial charge in [0, 0.05) is 0 Å². The Morgan fingerprint density at radius 1 is 0.383 bits per heavy atom. The molecule has 2 aliphatic rings. The molecule has 0 amide bonds. The maximum atomic E-state index is 11.3. The van der Waals surface area contributed by atoms with Crippen molar-refractivity contribution in [3.05, 3.63) is 80.9 Å². The average Bonchev–Trinajstić information content (AvgIpc) is 2.91. The van der Waals surface area contributed by atoms with E-state index in [1.165, 1.54) is 0 Å². The first-order chi connectivity index (χ1) is 21.9. The van der Waals surface area contributed by atoms with Crippen LogP contribution in [0.25, 0.3) is 0 Å². The van der Waals surface area contributed by atoms with E-state index in [9.17, 15) is 80.9 Å². The van der Waals surface area contributed by atoms with Crippen LogP contribution in [0.2, 0.25) is 0 Å². The van der Waals surface area contributed by atoms with Crippen LogP contribution in [0.15, 0.2) is 0 Å². The van der Waals surface area contributed by atoms with Crippen LogP contribution in [0.1, 0.15) is 0 Å². The Bertz CT molecular complexity index is 1220. The largest absolute Gasteiger partial charge is 0.343 e. The van der Waals surface area contributed by atoms with Gasteiger partial charge in [-0.25, -0.2) is 0 Å². The highest BCUT2D eigenvalue weighted by Gasteiger charge is 2.58. The lowest BCUT2D eigenvalue weighted by Gasteiger charge is -2.47. The molecule has 0 saturated carbocycles. The molecule has 264 valence electrons. The van der Waals surface area contributed by atoms with Crippen molar-refractivity contribution in [2.45, 2.75) is 61.4 Å². The van der Waals surface area contributed by atoms with E-state index in [0.29, 0.717) is 0 Å². The van der Waals surface area contributed by atoms with Crippen molar-refractivity contribution in [3.63, 3.8) is 0 Å². The quantitative estimate of drug-likeness (QED) is 0.0870. The summed E-state index contributed by atoms with van der Waals surface area (Å²) in [5.74, 6) is 0. The molecule has 0 radical (unpaired) electrons. The number of rotatable bonds is 20. The zero-order valence-corrected chi connectivity index (χ0v) is 21.8. The monoisotopic (exact) mass is 702 g/mol. The first kappa shape index (κ1) is 36.7. The van der Waals surface area contributed by atoms with Crippen molar-refractivity contribution < 1.29 is 93.6 Å². The molecule has 0 spiro atoms. The maximum absolute atomic E-state index is 11.3. The van der Waals surface area contributed by atoms with Crippen LogP contribution in [-0.4, -0.2) is 115 Å². The van der Waals surface area contributed by atoms with E-state index in [4.69, 9.17) is 14.2 Å². The molecule has 0 bridgehead atoms. The Morgan fingerprint density at radius 3 is 1.11 bits per heavy atom. The van der Waals surface area contributed by atoms with E-state index in [0.717, 1.165) is 0 Å². The van der Waals surface area contributed by atoms with Gasteiger partial charge in [0.05, 0.1) is 0 Å². The molecule has 0 aromatic heterocycles. The molecule has 2 heterocycles. The highest BCUT2D eigenvalue weighted by Crippen LogP contribution is 2.35. The van der Waals surface area contributed by atoms with Gasteiger partial charge in [0.15, 0.2) is 36.8 Å². The molecule has 47 heavy (non-hydrogen) atoms. The SMILES string of the molecule is O=[N+]([O-])OC[C@@H]1O[C@H](O[N+](=O)[O-])[C@H](O[N+](=O)[O-])[C@H](O[N+](=O)[O-])[C@@H]1O[C@@H]1O[C@H](CO[N+](=O)[O-])[C@@H](O[N+](=O)[O-])[C@H](O[N+](=O)[O-])[C@@H]1O[N+](=O)[O-]. The first-order valence-electron chi connectivity index (χ1n) is 11.3. The normalized spacial score (nSPS) is 29.9. The predicted molar refractivity (Wildman–Crippen MR) is 116 cm³/mol. The topological polar surface area (TPSA) is 447 Å². The minimum Gasteiger partial charge on any atom is -0.343 e. The second-order valence-corrected chi connectivity index (χ2v) is 8.02. The predicted octanol–water partition coefficient (Wildman–Crippen LogP) is -3.67. The van der Waals surface area contributed by atoms with Crippen LogP contribution < -0.4 is 0 Å². The van der Waals surface area contributed by atoms with Gasteiger partial charge >= 0.3 is 0 Å². The van der Waals surface area contributed by atoms with E-state index in [1.807, 2.05) is 0 Å². The average molecular weight is 702 g/mol. The second kappa shape index (κ2) is 16.0. The summed E-state index contributed by atoms with van der Waals surface area (Å²) in [7, 11) is 0. The van der Waals surface area contributed by atoms with Gasteiger partial charge < -0.3 is 48.1 Å². The molecule has 2 fully saturated rings. The summed E-state index contributed by atoms with van der Waals surface area (Å²) in [5.41, 5.74) is 0. The lowest BCUT2D eigenvalue weighted by molar-refractivity contribution is -0.832. The molecule has 0 aromatic rings. The lowest BCUT2D eigenvalue weighted by atomic mass is 9.96. The fourth-order valence-corrected chi connectivity index (χ4v) is 3.98. The second-order valence-electron chi connectivity index (χ2n) is 8.02. The van der Waals surface area contributed by atoms with Crippen molar-refractivity contribution in [2.24, 2.45) is 0 Å². The summed E-state index contributed by atoms with van der Waals surface area (Å²) in [6, 6.07) is 0. The third-order valence-corrected chi connectivity index (χ3v) is 5.39. The summed E-state index contributed by atoms with van der Waals surface area (Å²) >= 11 is 0. The zero-order valence-electron chi connectivity index (χ0n) is 21.8. The van der Waals surface area contributed by atoms with E-state index in [2.05, 4.69) is 38.7 Å². The molecular weight excluding hydrogens is 688 g/mol. The van der Waals surface area contributed by atoms with Crippen molar-refractivity contribution in [3.8, 4) is 0 Å². The van der Waals surface area contributed by atoms with Gasteiger partial charge in [-0.15, -0.1) is 80.9 Å². The van der Waals surface area contributed by atoms with Crippen LogP contribution in [-0.2, 0) is 52.9 Å². The van der Waals surface area contributed by atoms with Crippen LogP contribution >= 0.6 is 0 Å². The number of ether oxygens (including phenoxy) is 3. The Balaban J connectivity index is 2.73. The summed E-state index contributed by atoms with van der Waals surface area (Å²) in [6.45, 7) is -2.95. The van der Waals surface area contributed by atoms with E-state index < -0.39 is 115 Å². The zero-order chi connectivity index (χ0) is 35.6. The third-order valence-electron chi connectivity index (χ3n) is 5.39. The molecule has 2 rings (SSSR count). The van der Waals surface area contributed by atoms with Gasteiger partial charge in [0.1, 0.15) is 31.5 Å². The standard InChI is InChI=1S/C12H14N8O27/c21-13(22)37-1-3-5(7(43-16(27)28)10(46-19(33)34)12(40-3)47-20(35)36)41-11-9(45-18(31)32)8(44-17(29)30)6(42-15(25)26)4(39-11)2-38-14(23)24/h3-12H,1-2H2/t3-,4+,5+,6+,7+,8-,9-,10+,11-,12+/m0/s1. The molecule has 35 nitrogen and oxygen atoms in total. The van der Waals surface area contributed by atoms with Crippen LogP contribution in [0.4, 0.5) is 0 Å². The van der Waals surface area contributed by atoms with Crippen molar-refractivity contribution in [1.29, 1.82) is 0 Å². The highest BCUT2D eigenvalue weighted by molar-refractivity contribution is 4.95. The fraction of sp³-hybridized carbons (Fsp3) is 1.00. The van der Waals surface area contributed by atoms with Gasteiger partial charge in [-0.2, -0.15) is 0 Å². The summed E-state index contributed by atoms with van der Waals surface area (Å²) in [4.78, 5) is 122. The van der Waals surface area contributed by atoms with Crippen molar-refractivity contribution >= 4 is 0 Å². The molecule has 0 aliphatic carbocycles. The molecular formula is C12H14N8O27. The minimum atomic E-state index is -2.80. The van der Waals surface area contributed by atoms with Gasteiger partial charge in [-0.05, 0) is 0 Å². The van der Waals surface area contributed by atoms with Gasteiger partial charge in [0.2, 0.25) is 6.29 Å². The molecule has 0 N–H and O–H groups in total. The molecule has 0 unspecified atom stereocenters. The molecule has 2 saturated heterocycles. The number of hydrogen-bond donors (Lipinski definition) is 0. The molecule has 0 aromatic carbocycles. The Labute approximate surface area is 250 Å². The molecule has 2 aliphatic heterocycles. The van der Waals surface area contributed by atoms with Crippen LogP contribution in [0.5, 0.6) is 0 Å². The fourth-order valence-electron chi connectivity index (χ4n) is 3.98. The smallest absolute Gasteiger partial charge is 0.297 e. The highest BCUT2D eigenvalue weighted by atomic mass is 17.0. The Hall–Kier alpha value is -6.52. The van der Waals surface area contributed by atoms with Crippen LogP contribution in [0, 0.1) is 80.9 Å². The van der Waals surface area contributed by atoms with Crippen LogP contribution in [0.3, 0.4) is 0 Å². The van der Waals surface area contributed by atoms with E-state index in [-0.39, 0.29) is 0 Å². The minimum absolute atomic E-state index is 1.47. The maximum Gasteiger partial charge on any atom is 0.297 e. The third kappa shape index (κ3) is 10.9. The Morgan fingerprint density at radius 2 is 0.702 bits per heavy atom. The van der Waals surface area contributed by atoms with Gasteiger partial charge in [-0.1, -0.05) is 0 Å². The summed E-state index contributed by atoms with van der Waals surface area (Å²) in [5, 5.41) is 75.3. The van der Waals surface area contributed by atoms with E-state index in [1.54, 1.807) is 0 Å². The molecule has 10 atom stereocenters. The number of nitrogens with zero attached hydrogens (tertiary/aromatic N) is 8. The Kier molecular flexibility index (Phi) is 12.5.